The van der Waals surface area contributed by atoms with Gasteiger partial charge in [0.15, 0.2) is 5.78 Å². The molecule has 2 aromatic rings. The topological polar surface area (TPSA) is 26.3 Å². The van der Waals surface area contributed by atoms with Crippen LogP contribution < -0.4 is 4.74 Å². The normalized spacial score (nSPS) is 10.4. The predicted molar refractivity (Wildman–Crippen MR) is 77.3 cm³/mol. The van der Waals surface area contributed by atoms with E-state index in [-0.39, 0.29) is 10.6 Å². The predicted octanol–water partition coefficient (Wildman–Crippen LogP) is 4.34. The molecule has 0 bridgehead atoms. The lowest BCUT2D eigenvalue weighted by Crippen LogP contribution is -2.08. The number of carbonyl (C=O) groups excluding carboxylic acids is 1. The van der Waals surface area contributed by atoms with Crippen LogP contribution in [0.1, 0.15) is 27.0 Å². The molecular weight excluding hydrogens is 279 g/mol. The summed E-state index contributed by atoms with van der Waals surface area (Å²) >= 11 is 5.70. The number of benzene rings is 2. The molecule has 4 heteroatoms. The zero-order valence-corrected chi connectivity index (χ0v) is 12.2. The van der Waals surface area contributed by atoms with Gasteiger partial charge in [-0.2, -0.15) is 0 Å². The largest absolute Gasteiger partial charge is 0.496 e. The van der Waals surface area contributed by atoms with Crippen molar-refractivity contribution in [2.24, 2.45) is 0 Å². The van der Waals surface area contributed by atoms with Gasteiger partial charge in [0.25, 0.3) is 0 Å². The van der Waals surface area contributed by atoms with Crippen LogP contribution in [0.3, 0.4) is 0 Å². The number of halogens is 2. The third-order valence-corrected chi connectivity index (χ3v) is 3.54. The Labute approximate surface area is 122 Å². The molecule has 0 radical (unpaired) electrons. The molecule has 0 fully saturated rings. The molecule has 0 saturated heterocycles. The van der Waals surface area contributed by atoms with E-state index in [4.69, 9.17) is 16.3 Å². The van der Waals surface area contributed by atoms with Gasteiger partial charge in [-0.1, -0.05) is 17.7 Å². The van der Waals surface area contributed by atoms with E-state index in [1.165, 1.54) is 19.2 Å². The zero-order chi connectivity index (χ0) is 14.9. The van der Waals surface area contributed by atoms with E-state index >= 15 is 0 Å². The van der Waals surface area contributed by atoms with Crippen molar-refractivity contribution < 1.29 is 13.9 Å². The van der Waals surface area contributed by atoms with Crippen molar-refractivity contribution in [3.8, 4) is 5.75 Å². The van der Waals surface area contributed by atoms with Crippen LogP contribution in [0.25, 0.3) is 0 Å². The summed E-state index contributed by atoms with van der Waals surface area (Å²) in [5, 5.41) is 0.256. The molecule has 0 unspecified atom stereocenters. The Morgan fingerprint density at radius 3 is 2.40 bits per heavy atom. The van der Waals surface area contributed by atoms with E-state index in [9.17, 15) is 9.18 Å². The SMILES string of the molecule is COc1c(C(=O)c2ccc(Cl)cc2F)ccc(C)c1C. The number of rotatable bonds is 3. The van der Waals surface area contributed by atoms with Crippen LogP contribution in [0.15, 0.2) is 30.3 Å². The first-order valence-electron chi connectivity index (χ1n) is 6.09. The van der Waals surface area contributed by atoms with Crippen LogP contribution in [0.5, 0.6) is 5.75 Å². The Bertz CT molecular complexity index is 680. The van der Waals surface area contributed by atoms with E-state index in [0.29, 0.717) is 11.3 Å². The average Bonchev–Trinajstić information content (AvgIpc) is 2.41. The van der Waals surface area contributed by atoms with E-state index < -0.39 is 11.6 Å². The maximum atomic E-state index is 13.9. The van der Waals surface area contributed by atoms with Crippen LogP contribution in [-0.4, -0.2) is 12.9 Å². The molecule has 0 N–H and O–H groups in total. The molecule has 0 aliphatic heterocycles. The highest BCUT2D eigenvalue weighted by atomic mass is 35.5. The highest BCUT2D eigenvalue weighted by molar-refractivity contribution is 6.30. The lowest BCUT2D eigenvalue weighted by molar-refractivity contribution is 0.103. The smallest absolute Gasteiger partial charge is 0.199 e. The summed E-state index contributed by atoms with van der Waals surface area (Å²) in [4.78, 5) is 12.5. The molecule has 104 valence electrons. The molecule has 2 nitrogen and oxygen atoms in total. The monoisotopic (exact) mass is 292 g/mol. The van der Waals surface area contributed by atoms with E-state index in [1.807, 2.05) is 19.9 Å². The summed E-state index contributed by atoms with van der Waals surface area (Å²) < 4.78 is 19.1. The summed E-state index contributed by atoms with van der Waals surface area (Å²) in [6.07, 6.45) is 0. The molecule has 2 rings (SSSR count). The van der Waals surface area contributed by atoms with E-state index in [0.717, 1.165) is 17.2 Å². The lowest BCUT2D eigenvalue weighted by atomic mass is 9.97. The lowest BCUT2D eigenvalue weighted by Gasteiger charge is -2.13. The summed E-state index contributed by atoms with van der Waals surface area (Å²) in [5.74, 6) is -0.578. The van der Waals surface area contributed by atoms with Gasteiger partial charge < -0.3 is 4.74 Å². The van der Waals surface area contributed by atoms with Gasteiger partial charge in [-0.05, 0) is 49.2 Å². The third-order valence-electron chi connectivity index (χ3n) is 3.30. The molecule has 0 atom stereocenters. The van der Waals surface area contributed by atoms with Crippen LogP contribution in [0, 0.1) is 19.7 Å². The minimum atomic E-state index is -0.636. The minimum absolute atomic E-state index is 0.0176. The molecule has 0 aliphatic rings. The molecule has 0 aromatic heterocycles. The first kappa shape index (κ1) is 14.5. The van der Waals surface area contributed by atoms with Crippen molar-refractivity contribution in [1.82, 2.24) is 0 Å². The zero-order valence-electron chi connectivity index (χ0n) is 11.5. The second-order valence-corrected chi connectivity index (χ2v) is 4.98. The van der Waals surface area contributed by atoms with Gasteiger partial charge >= 0.3 is 0 Å². The maximum Gasteiger partial charge on any atom is 0.199 e. The second kappa shape index (κ2) is 5.63. The highest BCUT2D eigenvalue weighted by Gasteiger charge is 2.20. The number of hydrogen-bond acceptors (Lipinski definition) is 2. The molecule has 0 saturated carbocycles. The van der Waals surface area contributed by atoms with Crippen molar-refractivity contribution in [3.05, 3.63) is 63.4 Å². The van der Waals surface area contributed by atoms with Crippen molar-refractivity contribution in [1.29, 1.82) is 0 Å². The van der Waals surface area contributed by atoms with E-state index in [2.05, 4.69) is 0 Å². The van der Waals surface area contributed by atoms with Gasteiger partial charge in [0, 0.05) is 5.02 Å². The maximum absolute atomic E-state index is 13.9. The molecule has 0 heterocycles. The summed E-state index contributed by atoms with van der Waals surface area (Å²) in [7, 11) is 1.50. The number of hydrogen-bond donors (Lipinski definition) is 0. The van der Waals surface area contributed by atoms with Crippen LogP contribution in [-0.2, 0) is 0 Å². The summed E-state index contributed by atoms with van der Waals surface area (Å²) in [6.45, 7) is 3.79. The molecule has 20 heavy (non-hydrogen) atoms. The summed E-state index contributed by atoms with van der Waals surface area (Å²) in [6, 6.07) is 7.47. The summed E-state index contributed by atoms with van der Waals surface area (Å²) in [5.41, 5.74) is 2.20. The molecule has 0 aliphatic carbocycles. The molecule has 0 amide bonds. The van der Waals surface area contributed by atoms with Crippen molar-refractivity contribution in [3.63, 3.8) is 0 Å². The van der Waals surface area contributed by atoms with Gasteiger partial charge in [-0.15, -0.1) is 0 Å². The fourth-order valence-electron chi connectivity index (χ4n) is 2.05. The Hall–Kier alpha value is -1.87. The molecule has 0 spiro atoms. The quantitative estimate of drug-likeness (QED) is 0.787. The third kappa shape index (κ3) is 2.54. The Morgan fingerprint density at radius 2 is 1.80 bits per heavy atom. The van der Waals surface area contributed by atoms with Crippen LogP contribution in [0.2, 0.25) is 5.02 Å². The van der Waals surface area contributed by atoms with Crippen molar-refractivity contribution in [2.45, 2.75) is 13.8 Å². The first-order chi connectivity index (χ1) is 9.45. The number of aryl methyl sites for hydroxylation is 1. The minimum Gasteiger partial charge on any atom is -0.496 e. The fraction of sp³-hybridized carbons (Fsp3) is 0.188. The second-order valence-electron chi connectivity index (χ2n) is 4.54. The number of ketones is 1. The average molecular weight is 293 g/mol. The number of ether oxygens (including phenoxy) is 1. The van der Waals surface area contributed by atoms with Gasteiger partial charge in [0.2, 0.25) is 0 Å². The molecule has 2 aromatic carbocycles. The van der Waals surface area contributed by atoms with E-state index in [1.54, 1.807) is 6.07 Å². The highest BCUT2D eigenvalue weighted by Crippen LogP contribution is 2.29. The van der Waals surface area contributed by atoms with Gasteiger partial charge in [-0.25, -0.2) is 4.39 Å². The Kier molecular flexibility index (Phi) is 4.09. The van der Waals surface area contributed by atoms with Gasteiger partial charge in [-0.3, -0.25) is 4.79 Å². The van der Waals surface area contributed by atoms with Crippen LogP contribution >= 0.6 is 11.6 Å². The Balaban J connectivity index is 2.56. The molecular formula is C16H14ClFO2. The number of methoxy groups -OCH3 is 1. The number of carbonyl (C=O) groups is 1. The fourth-order valence-corrected chi connectivity index (χ4v) is 2.21. The van der Waals surface area contributed by atoms with Crippen LogP contribution in [0.4, 0.5) is 4.39 Å². The standard InChI is InChI=1S/C16H14ClFO2/c1-9-4-6-13(16(20-3)10(9)2)15(19)12-7-5-11(17)8-14(12)18/h4-8H,1-3H3. The van der Waals surface area contributed by atoms with Crippen molar-refractivity contribution >= 4 is 17.4 Å². The van der Waals surface area contributed by atoms with Crippen molar-refractivity contribution in [2.75, 3.05) is 7.11 Å². The first-order valence-corrected chi connectivity index (χ1v) is 6.47. The van der Waals surface area contributed by atoms with Gasteiger partial charge in [0.1, 0.15) is 11.6 Å². The van der Waals surface area contributed by atoms with Gasteiger partial charge in [0.05, 0.1) is 18.2 Å². The Morgan fingerprint density at radius 1 is 1.15 bits per heavy atom.